The van der Waals surface area contributed by atoms with Gasteiger partial charge in [-0.05, 0) is 121 Å². The third-order valence-electron chi connectivity index (χ3n) is 13.2. The van der Waals surface area contributed by atoms with Crippen molar-refractivity contribution >= 4 is 43.7 Å². The Balaban J connectivity index is 1.01. The molecule has 0 atom stereocenters. The Labute approximate surface area is 326 Å². The third kappa shape index (κ3) is 4.16. The van der Waals surface area contributed by atoms with Crippen molar-refractivity contribution in [2.45, 2.75) is 38.5 Å². The smallest absolute Gasteiger partial charge is 0.135 e. The lowest BCUT2D eigenvalue weighted by Gasteiger charge is -2.23. The Kier molecular flexibility index (Phi) is 6.22. The molecular formula is C54H39NO. The van der Waals surface area contributed by atoms with Crippen LogP contribution in [0.25, 0.3) is 93.9 Å². The Hall–Kier alpha value is -6.64. The van der Waals surface area contributed by atoms with Crippen LogP contribution in [0, 0.1) is 0 Å². The number of furan rings is 1. The largest absolute Gasteiger partial charge is 0.456 e. The number of rotatable bonds is 3. The summed E-state index contributed by atoms with van der Waals surface area (Å²) in [6.07, 6.45) is 0. The van der Waals surface area contributed by atoms with Crippen LogP contribution in [0.3, 0.4) is 0 Å². The van der Waals surface area contributed by atoms with Crippen molar-refractivity contribution < 1.29 is 4.42 Å². The van der Waals surface area contributed by atoms with Crippen LogP contribution < -0.4 is 0 Å². The highest BCUT2D eigenvalue weighted by Gasteiger charge is 2.39. The first-order valence-electron chi connectivity index (χ1n) is 19.8. The van der Waals surface area contributed by atoms with Gasteiger partial charge in [-0.1, -0.05) is 137 Å². The van der Waals surface area contributed by atoms with Gasteiger partial charge in [-0.2, -0.15) is 0 Å². The fourth-order valence-corrected chi connectivity index (χ4v) is 10.4. The Bertz CT molecular complexity index is 3300. The number of hydrogen-bond donors (Lipinski definition) is 0. The Morgan fingerprint density at radius 2 is 1.00 bits per heavy atom. The van der Waals surface area contributed by atoms with Crippen LogP contribution in [-0.2, 0) is 10.8 Å². The number of aromatic nitrogens is 1. The van der Waals surface area contributed by atoms with E-state index in [2.05, 4.69) is 196 Å². The van der Waals surface area contributed by atoms with E-state index in [-0.39, 0.29) is 10.8 Å². The predicted molar refractivity (Wildman–Crippen MR) is 234 cm³/mol. The molecule has 12 rings (SSSR count). The number of fused-ring (bicyclic) bond motifs is 13. The molecule has 0 saturated heterocycles. The van der Waals surface area contributed by atoms with Crippen molar-refractivity contribution in [2.24, 2.45) is 0 Å². The summed E-state index contributed by atoms with van der Waals surface area (Å²) < 4.78 is 8.78. The summed E-state index contributed by atoms with van der Waals surface area (Å²) in [5.41, 5.74) is 21.0. The lowest BCUT2D eigenvalue weighted by molar-refractivity contribution is 0.657. The SMILES string of the molecule is CC1(C)c2ccccc2-c2ccc(-c3ccc4c(c3)c3ccc(-c5ccc6c(c5)C(C)(C)c5c-6ccc6oc7ccccc7c56)cc3n4-c3ccccc3)cc21. The highest BCUT2D eigenvalue weighted by molar-refractivity contribution is 6.13. The van der Waals surface area contributed by atoms with Crippen molar-refractivity contribution in [3.8, 4) is 50.2 Å². The van der Waals surface area contributed by atoms with Crippen molar-refractivity contribution in [2.75, 3.05) is 0 Å². The summed E-state index contributed by atoms with van der Waals surface area (Å²) in [7, 11) is 0. The van der Waals surface area contributed by atoms with E-state index in [1.54, 1.807) is 0 Å². The predicted octanol–water partition coefficient (Wildman–Crippen LogP) is 14.6. The average Bonchev–Trinajstić information content (AvgIpc) is 3.91. The molecule has 0 spiro atoms. The molecule has 0 radical (unpaired) electrons. The van der Waals surface area contributed by atoms with E-state index < -0.39 is 0 Å². The minimum absolute atomic E-state index is 0.0405. The minimum Gasteiger partial charge on any atom is -0.456 e. The standard InChI is InChI=1S/C54H39NO/c1-53(2)44-16-10-8-14-37(44)38-22-18-33(29-45(38)53)32-21-26-47-43(28-32)40-24-20-35(31-48(40)55(47)36-12-6-5-7-13-36)34-19-23-39-41-25-27-50-51(42-15-9-11-17-49(42)56-50)52(41)54(3,4)46(39)30-34/h5-31H,1-4H3. The van der Waals surface area contributed by atoms with Gasteiger partial charge in [-0.3, -0.25) is 0 Å². The molecule has 56 heavy (non-hydrogen) atoms. The van der Waals surface area contributed by atoms with E-state index in [9.17, 15) is 0 Å². The molecule has 2 heteroatoms. The molecule has 2 nitrogen and oxygen atoms in total. The molecular weight excluding hydrogens is 679 g/mol. The van der Waals surface area contributed by atoms with Crippen molar-refractivity contribution in [1.82, 2.24) is 4.57 Å². The quantitative estimate of drug-likeness (QED) is 0.178. The molecule has 0 fully saturated rings. The second kappa shape index (κ2) is 11.0. The van der Waals surface area contributed by atoms with Crippen LogP contribution in [0.2, 0.25) is 0 Å². The Morgan fingerprint density at radius 3 is 1.82 bits per heavy atom. The summed E-state index contributed by atoms with van der Waals surface area (Å²) in [4.78, 5) is 0. The van der Waals surface area contributed by atoms with E-state index in [4.69, 9.17) is 4.42 Å². The average molecular weight is 718 g/mol. The molecule has 266 valence electrons. The van der Waals surface area contributed by atoms with Crippen molar-refractivity contribution in [1.29, 1.82) is 0 Å². The van der Waals surface area contributed by atoms with Gasteiger partial charge in [0.1, 0.15) is 11.2 Å². The molecule has 0 aliphatic heterocycles. The summed E-state index contributed by atoms with van der Waals surface area (Å²) in [5.74, 6) is 0. The van der Waals surface area contributed by atoms with Gasteiger partial charge in [-0.25, -0.2) is 0 Å². The molecule has 0 N–H and O–H groups in total. The third-order valence-corrected chi connectivity index (χ3v) is 13.2. The fraction of sp³-hybridized carbons (Fsp3) is 0.111. The molecule has 10 aromatic rings. The highest BCUT2D eigenvalue weighted by atomic mass is 16.3. The molecule has 0 bridgehead atoms. The second-order valence-corrected chi connectivity index (χ2v) is 16.9. The topological polar surface area (TPSA) is 18.1 Å². The first-order valence-corrected chi connectivity index (χ1v) is 19.8. The van der Waals surface area contributed by atoms with Gasteiger partial charge >= 0.3 is 0 Å². The van der Waals surface area contributed by atoms with E-state index in [1.165, 1.54) is 99.3 Å². The molecule has 2 aromatic heterocycles. The van der Waals surface area contributed by atoms with Gasteiger partial charge in [0.15, 0.2) is 0 Å². The van der Waals surface area contributed by atoms with E-state index in [0.29, 0.717) is 0 Å². The lowest BCUT2D eigenvalue weighted by Crippen LogP contribution is -2.15. The van der Waals surface area contributed by atoms with Crippen LogP contribution in [0.15, 0.2) is 168 Å². The fourth-order valence-electron chi connectivity index (χ4n) is 10.4. The first kappa shape index (κ1) is 31.7. The molecule has 0 amide bonds. The van der Waals surface area contributed by atoms with Crippen molar-refractivity contribution in [3.05, 3.63) is 186 Å². The number of benzene rings is 8. The maximum absolute atomic E-state index is 6.34. The van der Waals surface area contributed by atoms with Gasteiger partial charge in [0.05, 0.1) is 11.0 Å². The molecule has 2 heterocycles. The monoisotopic (exact) mass is 717 g/mol. The second-order valence-electron chi connectivity index (χ2n) is 16.9. The molecule has 0 saturated carbocycles. The van der Waals surface area contributed by atoms with E-state index >= 15 is 0 Å². The maximum Gasteiger partial charge on any atom is 0.135 e. The van der Waals surface area contributed by atoms with Gasteiger partial charge < -0.3 is 8.98 Å². The molecule has 0 unspecified atom stereocenters. The van der Waals surface area contributed by atoms with Gasteiger partial charge in [0.2, 0.25) is 0 Å². The van der Waals surface area contributed by atoms with Crippen molar-refractivity contribution in [3.63, 3.8) is 0 Å². The van der Waals surface area contributed by atoms with E-state index in [0.717, 1.165) is 16.9 Å². The van der Waals surface area contributed by atoms with Crippen LogP contribution in [0.4, 0.5) is 0 Å². The van der Waals surface area contributed by atoms with Crippen LogP contribution in [0.1, 0.15) is 49.9 Å². The van der Waals surface area contributed by atoms with E-state index in [1.807, 2.05) is 0 Å². The zero-order valence-corrected chi connectivity index (χ0v) is 31.9. The number of para-hydroxylation sites is 2. The highest BCUT2D eigenvalue weighted by Crippen LogP contribution is 2.54. The van der Waals surface area contributed by atoms with Gasteiger partial charge in [0.25, 0.3) is 0 Å². The van der Waals surface area contributed by atoms with Gasteiger partial charge in [-0.15, -0.1) is 0 Å². The summed E-state index contributed by atoms with van der Waals surface area (Å²) in [6.45, 7) is 9.46. The molecule has 8 aromatic carbocycles. The zero-order chi connectivity index (χ0) is 37.5. The normalized spacial score (nSPS) is 14.7. The zero-order valence-electron chi connectivity index (χ0n) is 31.9. The van der Waals surface area contributed by atoms with Crippen LogP contribution >= 0.6 is 0 Å². The van der Waals surface area contributed by atoms with Crippen LogP contribution in [-0.4, -0.2) is 4.57 Å². The number of nitrogens with zero attached hydrogens (tertiary/aromatic N) is 1. The molecule has 2 aliphatic rings. The lowest BCUT2D eigenvalue weighted by atomic mass is 9.80. The van der Waals surface area contributed by atoms with Gasteiger partial charge in [0, 0.05) is 38.1 Å². The summed E-state index contributed by atoms with van der Waals surface area (Å²) >= 11 is 0. The summed E-state index contributed by atoms with van der Waals surface area (Å²) in [6, 6.07) is 60.8. The maximum atomic E-state index is 6.34. The Morgan fingerprint density at radius 1 is 0.393 bits per heavy atom. The molecule has 2 aliphatic carbocycles. The first-order chi connectivity index (χ1) is 27.3. The summed E-state index contributed by atoms with van der Waals surface area (Å²) in [5, 5.41) is 4.94. The van der Waals surface area contributed by atoms with Crippen LogP contribution in [0.5, 0.6) is 0 Å². The minimum atomic E-state index is -0.193. The number of hydrogen-bond acceptors (Lipinski definition) is 1.